The Morgan fingerprint density at radius 1 is 1.15 bits per heavy atom. The number of rotatable bonds is 6. The van der Waals surface area contributed by atoms with E-state index >= 15 is 0 Å². The highest BCUT2D eigenvalue weighted by atomic mass is 16.5. The monoisotopic (exact) mass is 372 g/mol. The van der Waals surface area contributed by atoms with Gasteiger partial charge in [0.25, 0.3) is 0 Å². The van der Waals surface area contributed by atoms with Gasteiger partial charge in [0, 0.05) is 30.9 Å². The summed E-state index contributed by atoms with van der Waals surface area (Å²) in [6.07, 6.45) is 1.24. The molecule has 0 spiro atoms. The van der Waals surface area contributed by atoms with E-state index in [2.05, 4.69) is 20.2 Å². The molecular formula is C19H24N4O4. The molecule has 0 bridgehead atoms. The normalized spacial score (nSPS) is 14.7. The lowest BCUT2D eigenvalue weighted by molar-refractivity contribution is -0.142. The molecule has 2 N–H and O–H groups in total. The maximum Gasteiger partial charge on any atom is 0.306 e. The minimum Gasteiger partial charge on any atom is -0.493 e. The Hall–Kier alpha value is -3.03. The zero-order valence-electron chi connectivity index (χ0n) is 15.7. The minimum atomic E-state index is -0.718. The Morgan fingerprint density at radius 3 is 2.48 bits per heavy atom. The fraction of sp³-hybridized carbons (Fsp3) is 0.421. The van der Waals surface area contributed by atoms with Gasteiger partial charge in [0.2, 0.25) is 0 Å². The highest BCUT2D eigenvalue weighted by Crippen LogP contribution is 2.31. The van der Waals surface area contributed by atoms with Crippen LogP contribution in [-0.2, 0) is 4.79 Å². The van der Waals surface area contributed by atoms with Crippen LogP contribution in [0.1, 0.15) is 18.7 Å². The molecule has 0 aliphatic carbocycles. The van der Waals surface area contributed by atoms with Gasteiger partial charge in [-0.25, -0.2) is 9.97 Å². The number of nitrogens with zero attached hydrogens (tertiary/aromatic N) is 3. The quantitative estimate of drug-likeness (QED) is 0.799. The second kappa shape index (κ2) is 8.11. The summed E-state index contributed by atoms with van der Waals surface area (Å²) in [4.78, 5) is 22.2. The van der Waals surface area contributed by atoms with Crippen molar-refractivity contribution in [2.24, 2.45) is 5.92 Å². The molecule has 3 rings (SSSR count). The lowest BCUT2D eigenvalue weighted by atomic mass is 9.97. The molecule has 0 atom stereocenters. The number of hydrogen-bond acceptors (Lipinski definition) is 7. The van der Waals surface area contributed by atoms with E-state index in [1.54, 1.807) is 14.2 Å². The van der Waals surface area contributed by atoms with Gasteiger partial charge in [0.1, 0.15) is 17.5 Å². The molecule has 1 aliphatic heterocycles. The number of aromatic nitrogens is 2. The van der Waals surface area contributed by atoms with E-state index in [0.29, 0.717) is 49.1 Å². The zero-order chi connectivity index (χ0) is 19.4. The van der Waals surface area contributed by atoms with Gasteiger partial charge in [-0.2, -0.15) is 0 Å². The maximum absolute atomic E-state index is 11.1. The molecule has 1 fully saturated rings. The molecule has 1 saturated heterocycles. The molecule has 0 radical (unpaired) electrons. The van der Waals surface area contributed by atoms with Crippen LogP contribution in [0.2, 0.25) is 0 Å². The topological polar surface area (TPSA) is 96.8 Å². The smallest absolute Gasteiger partial charge is 0.306 e. The first kappa shape index (κ1) is 18.8. The predicted octanol–water partition coefficient (Wildman–Crippen LogP) is 2.85. The van der Waals surface area contributed by atoms with Crippen molar-refractivity contribution < 1.29 is 19.4 Å². The van der Waals surface area contributed by atoms with Crippen molar-refractivity contribution in [2.75, 3.05) is 37.5 Å². The van der Waals surface area contributed by atoms with Crippen molar-refractivity contribution in [3.05, 3.63) is 30.1 Å². The molecule has 27 heavy (non-hydrogen) atoms. The number of carboxylic acid groups (broad SMARTS) is 1. The van der Waals surface area contributed by atoms with Crippen molar-refractivity contribution in [2.45, 2.75) is 19.8 Å². The predicted molar refractivity (Wildman–Crippen MR) is 102 cm³/mol. The third-order valence-electron chi connectivity index (χ3n) is 4.65. The van der Waals surface area contributed by atoms with Gasteiger partial charge in [0.05, 0.1) is 20.1 Å². The number of carboxylic acids is 1. The second-order valence-electron chi connectivity index (χ2n) is 6.45. The lowest BCUT2D eigenvalue weighted by Gasteiger charge is -2.31. The zero-order valence-corrected chi connectivity index (χ0v) is 15.7. The van der Waals surface area contributed by atoms with Crippen LogP contribution in [0.25, 0.3) is 0 Å². The SMILES string of the molecule is COc1ccc(Nc2cc(N3CCC(C(=O)O)CC3)nc(C)n2)cc1OC. The standard InChI is InChI=1S/C19H24N4O4/c1-12-20-17(22-14-4-5-15(26-2)16(10-14)27-3)11-18(21-12)23-8-6-13(7-9-23)19(24)25/h4-5,10-11,13H,6-9H2,1-3H3,(H,24,25)(H,20,21,22). The van der Waals surface area contributed by atoms with Crippen molar-refractivity contribution in [3.8, 4) is 11.5 Å². The summed E-state index contributed by atoms with van der Waals surface area (Å²) in [5.41, 5.74) is 0.821. The summed E-state index contributed by atoms with van der Waals surface area (Å²) in [6, 6.07) is 7.43. The van der Waals surface area contributed by atoms with Crippen molar-refractivity contribution in [3.63, 3.8) is 0 Å². The summed E-state index contributed by atoms with van der Waals surface area (Å²) < 4.78 is 10.6. The van der Waals surface area contributed by atoms with Gasteiger partial charge in [-0.3, -0.25) is 4.79 Å². The molecule has 1 aromatic carbocycles. The Bertz CT molecular complexity index is 819. The molecule has 0 amide bonds. The molecule has 1 aromatic heterocycles. The van der Waals surface area contributed by atoms with E-state index < -0.39 is 5.97 Å². The second-order valence-corrected chi connectivity index (χ2v) is 6.45. The number of nitrogens with one attached hydrogen (secondary N) is 1. The molecule has 144 valence electrons. The summed E-state index contributed by atoms with van der Waals surface area (Å²) in [5, 5.41) is 12.4. The fourth-order valence-electron chi connectivity index (χ4n) is 3.20. The number of aryl methyl sites for hydroxylation is 1. The summed E-state index contributed by atoms with van der Waals surface area (Å²) in [7, 11) is 3.19. The first-order valence-corrected chi connectivity index (χ1v) is 8.82. The molecule has 8 nitrogen and oxygen atoms in total. The molecule has 2 heterocycles. The average Bonchev–Trinajstić information content (AvgIpc) is 2.67. The number of benzene rings is 1. The lowest BCUT2D eigenvalue weighted by Crippen LogP contribution is -2.36. The van der Waals surface area contributed by atoms with E-state index in [1.165, 1.54) is 0 Å². The Morgan fingerprint density at radius 2 is 1.85 bits per heavy atom. The van der Waals surface area contributed by atoms with Crippen LogP contribution < -0.4 is 19.7 Å². The summed E-state index contributed by atoms with van der Waals surface area (Å²) in [5.74, 6) is 2.42. The van der Waals surface area contributed by atoms with E-state index in [9.17, 15) is 4.79 Å². The van der Waals surface area contributed by atoms with Crippen LogP contribution in [0.3, 0.4) is 0 Å². The molecule has 0 unspecified atom stereocenters. The van der Waals surface area contributed by atoms with Crippen LogP contribution in [0.4, 0.5) is 17.3 Å². The third kappa shape index (κ3) is 4.39. The Balaban J connectivity index is 1.77. The Labute approximate surface area is 158 Å². The number of carbonyl (C=O) groups is 1. The van der Waals surface area contributed by atoms with Crippen molar-refractivity contribution >= 4 is 23.3 Å². The highest BCUT2D eigenvalue weighted by Gasteiger charge is 2.25. The molecular weight excluding hydrogens is 348 g/mol. The number of piperidine rings is 1. The van der Waals surface area contributed by atoms with Crippen LogP contribution in [-0.4, -0.2) is 48.4 Å². The van der Waals surface area contributed by atoms with Gasteiger partial charge in [0.15, 0.2) is 11.5 Å². The third-order valence-corrected chi connectivity index (χ3v) is 4.65. The van der Waals surface area contributed by atoms with Crippen LogP contribution in [0, 0.1) is 12.8 Å². The maximum atomic E-state index is 11.1. The Kier molecular flexibility index (Phi) is 5.63. The van der Waals surface area contributed by atoms with E-state index in [4.69, 9.17) is 14.6 Å². The van der Waals surface area contributed by atoms with Crippen LogP contribution in [0.15, 0.2) is 24.3 Å². The molecule has 1 aliphatic rings. The summed E-state index contributed by atoms with van der Waals surface area (Å²) >= 11 is 0. The van der Waals surface area contributed by atoms with E-state index in [-0.39, 0.29) is 5.92 Å². The fourth-order valence-corrected chi connectivity index (χ4v) is 3.20. The number of methoxy groups -OCH3 is 2. The van der Waals surface area contributed by atoms with Crippen molar-refractivity contribution in [1.82, 2.24) is 9.97 Å². The number of aliphatic carboxylic acids is 1. The van der Waals surface area contributed by atoms with Gasteiger partial charge in [-0.1, -0.05) is 0 Å². The summed E-state index contributed by atoms with van der Waals surface area (Å²) in [6.45, 7) is 3.18. The van der Waals surface area contributed by atoms with E-state index in [1.807, 2.05) is 31.2 Å². The van der Waals surface area contributed by atoms with Gasteiger partial charge >= 0.3 is 5.97 Å². The number of anilines is 3. The highest BCUT2D eigenvalue weighted by molar-refractivity contribution is 5.70. The largest absolute Gasteiger partial charge is 0.493 e. The van der Waals surface area contributed by atoms with Crippen molar-refractivity contribution in [1.29, 1.82) is 0 Å². The first-order valence-electron chi connectivity index (χ1n) is 8.82. The number of hydrogen-bond donors (Lipinski definition) is 2. The van der Waals surface area contributed by atoms with Crippen LogP contribution in [0.5, 0.6) is 11.5 Å². The van der Waals surface area contributed by atoms with Crippen LogP contribution >= 0.6 is 0 Å². The number of ether oxygens (including phenoxy) is 2. The van der Waals surface area contributed by atoms with Gasteiger partial charge < -0.3 is 24.8 Å². The first-order chi connectivity index (χ1) is 13.0. The molecule has 2 aromatic rings. The minimum absolute atomic E-state index is 0.270. The molecule has 8 heteroatoms. The van der Waals surface area contributed by atoms with Gasteiger partial charge in [-0.15, -0.1) is 0 Å². The van der Waals surface area contributed by atoms with Gasteiger partial charge in [-0.05, 0) is 31.9 Å². The van der Waals surface area contributed by atoms with E-state index in [0.717, 1.165) is 11.5 Å². The average molecular weight is 372 g/mol. The molecule has 0 saturated carbocycles.